The van der Waals surface area contributed by atoms with Crippen molar-refractivity contribution in [2.24, 2.45) is 0 Å². The predicted molar refractivity (Wildman–Crippen MR) is 80.2 cm³/mol. The maximum atomic E-state index is 12.2. The van der Waals surface area contributed by atoms with Crippen molar-refractivity contribution >= 4 is 12.0 Å². The van der Waals surface area contributed by atoms with Gasteiger partial charge in [-0.05, 0) is 37.0 Å². The van der Waals surface area contributed by atoms with Crippen molar-refractivity contribution in [3.05, 3.63) is 48.0 Å². The van der Waals surface area contributed by atoms with Crippen LogP contribution >= 0.6 is 0 Å². The number of aromatic carboxylic acids is 1. The van der Waals surface area contributed by atoms with Crippen LogP contribution < -0.4 is 5.32 Å². The van der Waals surface area contributed by atoms with Crippen LogP contribution in [0.1, 0.15) is 35.2 Å². The highest BCUT2D eigenvalue weighted by Gasteiger charge is 2.23. The highest BCUT2D eigenvalue weighted by Crippen LogP contribution is 2.17. The Morgan fingerprint density at radius 3 is 2.67 bits per heavy atom. The van der Waals surface area contributed by atoms with Crippen molar-refractivity contribution in [2.45, 2.75) is 31.8 Å². The van der Waals surface area contributed by atoms with Gasteiger partial charge in [0.1, 0.15) is 0 Å². The number of hydrogen-bond acceptors (Lipinski definition) is 2. The number of urea groups is 1. The maximum Gasteiger partial charge on any atom is 0.335 e. The number of nitrogens with zero attached hydrogens (tertiary/aromatic N) is 1. The molecule has 1 atom stereocenters. The first-order chi connectivity index (χ1) is 10.1. The fraction of sp³-hybridized carbons (Fsp3) is 0.375. The Labute approximate surface area is 124 Å². The van der Waals surface area contributed by atoms with Gasteiger partial charge in [-0.15, -0.1) is 6.58 Å². The third-order valence-corrected chi connectivity index (χ3v) is 3.73. The van der Waals surface area contributed by atoms with Gasteiger partial charge < -0.3 is 15.3 Å². The van der Waals surface area contributed by atoms with Crippen LogP contribution in [0.15, 0.2) is 36.9 Å². The number of likely N-dealkylation sites (tertiary alicyclic amines) is 1. The van der Waals surface area contributed by atoms with Crippen LogP contribution in [0.5, 0.6) is 0 Å². The Hall–Kier alpha value is -2.30. The number of carbonyl (C=O) groups is 2. The van der Waals surface area contributed by atoms with Gasteiger partial charge >= 0.3 is 12.0 Å². The van der Waals surface area contributed by atoms with E-state index in [4.69, 9.17) is 5.11 Å². The molecule has 112 valence electrons. The summed E-state index contributed by atoms with van der Waals surface area (Å²) in [5.74, 6) is -0.951. The van der Waals surface area contributed by atoms with E-state index in [0.29, 0.717) is 6.54 Å². The van der Waals surface area contributed by atoms with E-state index in [2.05, 4.69) is 11.9 Å². The van der Waals surface area contributed by atoms with Gasteiger partial charge in [0.05, 0.1) is 11.6 Å². The van der Waals surface area contributed by atoms with Gasteiger partial charge in [0.25, 0.3) is 0 Å². The van der Waals surface area contributed by atoms with E-state index in [1.807, 2.05) is 11.0 Å². The van der Waals surface area contributed by atoms with Crippen LogP contribution in [0.2, 0.25) is 0 Å². The van der Waals surface area contributed by atoms with E-state index >= 15 is 0 Å². The minimum absolute atomic E-state index is 0.0955. The molecule has 1 aromatic rings. The summed E-state index contributed by atoms with van der Waals surface area (Å²) in [5.41, 5.74) is 1.12. The van der Waals surface area contributed by atoms with E-state index in [1.165, 1.54) is 12.1 Å². The van der Waals surface area contributed by atoms with Crippen LogP contribution in [0.4, 0.5) is 4.79 Å². The van der Waals surface area contributed by atoms with Gasteiger partial charge in [0.2, 0.25) is 0 Å². The molecule has 5 heteroatoms. The van der Waals surface area contributed by atoms with Gasteiger partial charge in [-0.2, -0.15) is 0 Å². The molecule has 0 aliphatic carbocycles. The average molecular weight is 288 g/mol. The fourth-order valence-electron chi connectivity index (χ4n) is 2.50. The van der Waals surface area contributed by atoms with Crippen LogP contribution in [0.25, 0.3) is 0 Å². The largest absolute Gasteiger partial charge is 0.478 e. The van der Waals surface area contributed by atoms with Crippen molar-refractivity contribution in [2.75, 3.05) is 6.54 Å². The third-order valence-electron chi connectivity index (χ3n) is 3.73. The highest BCUT2D eigenvalue weighted by molar-refractivity contribution is 5.87. The molecule has 2 rings (SSSR count). The fourth-order valence-corrected chi connectivity index (χ4v) is 2.50. The molecule has 1 unspecified atom stereocenters. The molecule has 0 spiro atoms. The van der Waals surface area contributed by atoms with E-state index in [9.17, 15) is 9.59 Å². The summed E-state index contributed by atoms with van der Waals surface area (Å²) in [6.07, 6.45) is 4.92. The van der Waals surface area contributed by atoms with Crippen molar-refractivity contribution in [3.8, 4) is 0 Å². The monoisotopic (exact) mass is 288 g/mol. The average Bonchev–Trinajstić information content (AvgIpc) is 2.52. The van der Waals surface area contributed by atoms with Gasteiger partial charge in [0, 0.05) is 13.1 Å². The van der Waals surface area contributed by atoms with E-state index < -0.39 is 5.97 Å². The topological polar surface area (TPSA) is 69.6 Å². The Morgan fingerprint density at radius 1 is 1.33 bits per heavy atom. The first kappa shape index (κ1) is 15.1. The summed E-state index contributed by atoms with van der Waals surface area (Å²) in [4.78, 5) is 24.8. The lowest BCUT2D eigenvalue weighted by Crippen LogP contribution is -2.47. The SMILES string of the molecule is C=CC1CCCCN1C(=O)NCc1ccc(C(=O)O)cc1. The summed E-state index contributed by atoms with van der Waals surface area (Å²) in [6, 6.07) is 6.51. The molecule has 5 nitrogen and oxygen atoms in total. The molecule has 0 saturated carbocycles. The number of benzene rings is 1. The predicted octanol–water partition coefficient (Wildman–Crippen LogP) is 2.63. The lowest BCUT2D eigenvalue weighted by atomic mass is 10.0. The molecule has 2 amide bonds. The molecule has 1 aliphatic heterocycles. The molecule has 1 aromatic carbocycles. The van der Waals surface area contributed by atoms with Crippen molar-refractivity contribution in [3.63, 3.8) is 0 Å². The number of nitrogens with one attached hydrogen (secondary N) is 1. The van der Waals surface area contributed by atoms with Gasteiger partial charge in [-0.3, -0.25) is 0 Å². The summed E-state index contributed by atoms with van der Waals surface area (Å²) in [6.45, 7) is 4.92. The molecule has 0 radical (unpaired) electrons. The van der Waals surface area contributed by atoms with Gasteiger partial charge in [0.15, 0.2) is 0 Å². The second-order valence-corrected chi connectivity index (χ2v) is 5.15. The number of carboxylic acids is 1. The molecule has 1 aliphatic rings. The van der Waals surface area contributed by atoms with E-state index in [1.54, 1.807) is 12.1 Å². The summed E-state index contributed by atoms with van der Waals surface area (Å²) in [5, 5.41) is 11.7. The van der Waals surface area contributed by atoms with Crippen molar-refractivity contribution in [1.29, 1.82) is 0 Å². The van der Waals surface area contributed by atoms with Crippen molar-refractivity contribution < 1.29 is 14.7 Å². The quantitative estimate of drug-likeness (QED) is 0.837. The van der Waals surface area contributed by atoms with E-state index in [-0.39, 0.29) is 17.6 Å². The zero-order chi connectivity index (χ0) is 15.2. The zero-order valence-electron chi connectivity index (χ0n) is 11.9. The maximum absolute atomic E-state index is 12.2. The first-order valence-electron chi connectivity index (χ1n) is 7.11. The normalized spacial score (nSPS) is 18.1. The molecule has 0 bridgehead atoms. The Bertz CT molecular complexity index is 525. The second kappa shape index (κ2) is 6.92. The summed E-state index contributed by atoms with van der Waals surface area (Å²) < 4.78 is 0. The third kappa shape index (κ3) is 3.84. The summed E-state index contributed by atoms with van der Waals surface area (Å²) >= 11 is 0. The smallest absolute Gasteiger partial charge is 0.335 e. The molecule has 2 N–H and O–H groups in total. The molecule has 0 aromatic heterocycles. The van der Waals surface area contributed by atoms with Crippen LogP contribution in [0.3, 0.4) is 0 Å². The first-order valence-corrected chi connectivity index (χ1v) is 7.11. The minimum atomic E-state index is -0.951. The van der Waals surface area contributed by atoms with E-state index in [0.717, 1.165) is 31.4 Å². The number of piperidine rings is 1. The minimum Gasteiger partial charge on any atom is -0.478 e. The molecular formula is C16H20N2O3. The Morgan fingerprint density at radius 2 is 2.05 bits per heavy atom. The molecule has 1 saturated heterocycles. The van der Waals surface area contributed by atoms with Crippen LogP contribution in [0, 0.1) is 0 Å². The van der Waals surface area contributed by atoms with Gasteiger partial charge in [-0.25, -0.2) is 9.59 Å². The molecular weight excluding hydrogens is 268 g/mol. The highest BCUT2D eigenvalue weighted by atomic mass is 16.4. The second-order valence-electron chi connectivity index (χ2n) is 5.15. The van der Waals surface area contributed by atoms with Gasteiger partial charge in [-0.1, -0.05) is 18.2 Å². The lowest BCUT2D eigenvalue weighted by molar-refractivity contribution is 0.0697. The number of hydrogen-bond donors (Lipinski definition) is 2. The Kier molecular flexibility index (Phi) is 4.98. The number of amides is 2. The molecule has 1 heterocycles. The standard InChI is InChI=1S/C16H20N2O3/c1-2-14-5-3-4-10-18(14)16(21)17-11-12-6-8-13(9-7-12)15(19)20/h2,6-9,14H,1,3-5,10-11H2,(H,17,21)(H,19,20). The number of carbonyl (C=O) groups excluding carboxylic acids is 1. The molecule has 1 fully saturated rings. The zero-order valence-corrected chi connectivity index (χ0v) is 11.9. The Balaban J connectivity index is 1.91. The van der Waals surface area contributed by atoms with Crippen LogP contribution in [-0.2, 0) is 6.54 Å². The van der Waals surface area contributed by atoms with Crippen molar-refractivity contribution in [1.82, 2.24) is 10.2 Å². The number of carboxylic acid groups (broad SMARTS) is 1. The molecule has 21 heavy (non-hydrogen) atoms. The summed E-state index contributed by atoms with van der Waals surface area (Å²) in [7, 11) is 0. The van der Waals surface area contributed by atoms with Crippen LogP contribution in [-0.4, -0.2) is 34.6 Å². The lowest BCUT2D eigenvalue weighted by Gasteiger charge is -2.33. The number of rotatable bonds is 4.